The minimum Gasteiger partial charge on any atom is -0.395 e. The number of furan rings is 1. The normalized spacial score (nSPS) is 9.80. The number of nitrogens with one attached hydrogen (secondary N) is 1. The number of hydrogen-bond acceptors (Lipinski definition) is 5. The zero-order valence-corrected chi connectivity index (χ0v) is 11.4. The molecule has 0 aliphatic heterocycles. The lowest BCUT2D eigenvalue weighted by atomic mass is 10.2. The van der Waals surface area contributed by atoms with Crippen molar-refractivity contribution in [2.75, 3.05) is 5.32 Å². The fourth-order valence-corrected chi connectivity index (χ4v) is 1.81. The van der Waals surface area contributed by atoms with Gasteiger partial charge in [0.1, 0.15) is 11.0 Å². The minimum absolute atomic E-state index is 0.208. The lowest BCUT2D eigenvalue weighted by molar-refractivity contribution is -0.402. The number of hydrogen-bond donors (Lipinski definition) is 1. The molecule has 0 spiro atoms. The van der Waals surface area contributed by atoms with Crippen LogP contribution in [0.15, 0.2) is 39.2 Å². The quantitative estimate of drug-likeness (QED) is 0.684. The summed E-state index contributed by atoms with van der Waals surface area (Å²) in [7, 11) is 0. The second-order valence-corrected chi connectivity index (χ2v) is 4.57. The second kappa shape index (κ2) is 5.54. The van der Waals surface area contributed by atoms with Crippen LogP contribution in [0.1, 0.15) is 16.1 Å². The highest BCUT2D eigenvalue weighted by molar-refractivity contribution is 9.10. The van der Waals surface area contributed by atoms with E-state index < -0.39 is 16.7 Å². The van der Waals surface area contributed by atoms with Crippen LogP contribution in [0.3, 0.4) is 0 Å². The Bertz CT molecular complexity index is 733. The summed E-state index contributed by atoms with van der Waals surface area (Å²) >= 11 is 3.22. The van der Waals surface area contributed by atoms with Crippen molar-refractivity contribution < 1.29 is 14.1 Å². The molecule has 2 rings (SSSR count). The van der Waals surface area contributed by atoms with Gasteiger partial charge in [-0.05, 0) is 24.3 Å². The molecule has 0 atom stereocenters. The third kappa shape index (κ3) is 2.84. The van der Waals surface area contributed by atoms with Gasteiger partial charge in [0.2, 0.25) is 0 Å². The SMILES string of the molecule is N#Cc1ccc(Br)cc1NC(=O)c1ccc([N+](=O)[O-])o1. The predicted octanol–water partition coefficient (Wildman–Crippen LogP) is 3.07. The summed E-state index contributed by atoms with van der Waals surface area (Å²) in [5, 5.41) is 21.9. The summed E-state index contributed by atoms with van der Waals surface area (Å²) in [6.07, 6.45) is 0. The van der Waals surface area contributed by atoms with Crippen molar-refractivity contribution in [3.63, 3.8) is 0 Å². The maximum atomic E-state index is 11.9. The number of nitriles is 1. The fourth-order valence-electron chi connectivity index (χ4n) is 1.45. The lowest BCUT2D eigenvalue weighted by Crippen LogP contribution is -2.12. The van der Waals surface area contributed by atoms with E-state index in [4.69, 9.17) is 9.68 Å². The van der Waals surface area contributed by atoms with E-state index in [9.17, 15) is 14.9 Å². The molecule has 1 aromatic carbocycles. The smallest absolute Gasteiger partial charge is 0.395 e. The van der Waals surface area contributed by atoms with Crippen molar-refractivity contribution in [3.8, 4) is 6.07 Å². The first-order valence-electron chi connectivity index (χ1n) is 5.26. The van der Waals surface area contributed by atoms with Crippen LogP contribution >= 0.6 is 15.9 Å². The average Bonchev–Trinajstić information content (AvgIpc) is 2.89. The third-order valence-electron chi connectivity index (χ3n) is 2.35. The highest BCUT2D eigenvalue weighted by atomic mass is 79.9. The average molecular weight is 336 g/mol. The maximum Gasteiger partial charge on any atom is 0.433 e. The number of anilines is 1. The van der Waals surface area contributed by atoms with E-state index in [-0.39, 0.29) is 17.0 Å². The second-order valence-electron chi connectivity index (χ2n) is 3.65. The summed E-state index contributed by atoms with van der Waals surface area (Å²) in [5.74, 6) is -1.40. The Balaban J connectivity index is 2.25. The van der Waals surface area contributed by atoms with Gasteiger partial charge in [0, 0.05) is 4.47 Å². The Morgan fingerprint density at radius 2 is 2.15 bits per heavy atom. The monoisotopic (exact) mass is 335 g/mol. The molecule has 0 unspecified atom stereocenters. The van der Waals surface area contributed by atoms with Crippen LogP contribution in [0.5, 0.6) is 0 Å². The van der Waals surface area contributed by atoms with Crippen molar-refractivity contribution in [2.45, 2.75) is 0 Å². The maximum absolute atomic E-state index is 11.9. The van der Waals surface area contributed by atoms with E-state index in [0.29, 0.717) is 4.47 Å². The van der Waals surface area contributed by atoms with Crippen molar-refractivity contribution in [2.24, 2.45) is 0 Å². The molecule has 1 amide bonds. The molecule has 2 aromatic rings. The molecule has 0 saturated heterocycles. The molecule has 1 heterocycles. The van der Waals surface area contributed by atoms with Gasteiger partial charge < -0.3 is 9.73 Å². The number of rotatable bonds is 3. The minimum atomic E-state index is -0.739. The number of carbonyl (C=O) groups is 1. The van der Waals surface area contributed by atoms with Crippen LogP contribution in [0.2, 0.25) is 0 Å². The number of halogens is 1. The van der Waals surface area contributed by atoms with E-state index in [1.807, 2.05) is 6.07 Å². The van der Waals surface area contributed by atoms with Gasteiger partial charge in [-0.3, -0.25) is 14.9 Å². The molecule has 7 nitrogen and oxygen atoms in total. The molecule has 0 aliphatic rings. The lowest BCUT2D eigenvalue weighted by Gasteiger charge is -2.05. The van der Waals surface area contributed by atoms with E-state index in [1.165, 1.54) is 12.1 Å². The number of nitrogens with zero attached hydrogens (tertiary/aromatic N) is 2. The first-order chi connectivity index (χ1) is 9.51. The standard InChI is InChI=1S/C12H6BrN3O4/c13-8-2-1-7(6-14)9(5-8)15-12(17)10-3-4-11(20-10)16(18)19/h1-5H,(H,15,17). The van der Waals surface area contributed by atoms with Gasteiger partial charge in [-0.1, -0.05) is 15.9 Å². The number of nitro groups is 1. The first-order valence-corrected chi connectivity index (χ1v) is 6.06. The van der Waals surface area contributed by atoms with Crippen LogP contribution in [0, 0.1) is 21.4 Å². The third-order valence-corrected chi connectivity index (χ3v) is 2.84. The Morgan fingerprint density at radius 1 is 1.40 bits per heavy atom. The Kier molecular flexibility index (Phi) is 3.81. The van der Waals surface area contributed by atoms with Crippen LogP contribution in [-0.2, 0) is 0 Å². The Hall–Kier alpha value is -2.66. The molecule has 0 bridgehead atoms. The topological polar surface area (TPSA) is 109 Å². The van der Waals surface area contributed by atoms with Crippen molar-refractivity contribution in [3.05, 3.63) is 56.2 Å². The summed E-state index contributed by atoms with van der Waals surface area (Å²) in [5.41, 5.74) is 0.550. The van der Waals surface area contributed by atoms with E-state index in [0.717, 1.165) is 6.07 Å². The molecule has 1 N–H and O–H groups in total. The van der Waals surface area contributed by atoms with Crippen LogP contribution < -0.4 is 5.32 Å². The summed E-state index contributed by atoms with van der Waals surface area (Å²) < 4.78 is 5.46. The molecule has 0 aliphatic carbocycles. The van der Waals surface area contributed by atoms with Gasteiger partial charge in [-0.2, -0.15) is 5.26 Å². The van der Waals surface area contributed by atoms with Crippen molar-refractivity contribution >= 4 is 33.4 Å². The summed E-state index contributed by atoms with van der Waals surface area (Å²) in [6, 6.07) is 8.95. The van der Waals surface area contributed by atoms with Gasteiger partial charge in [0.05, 0.1) is 17.3 Å². The first kappa shape index (κ1) is 13.8. The zero-order valence-electron chi connectivity index (χ0n) is 9.79. The van der Waals surface area contributed by atoms with Gasteiger partial charge >= 0.3 is 5.88 Å². The van der Waals surface area contributed by atoms with Crippen LogP contribution in [0.25, 0.3) is 0 Å². The molecule has 100 valence electrons. The zero-order chi connectivity index (χ0) is 14.7. The number of carbonyl (C=O) groups excluding carboxylic acids is 1. The van der Waals surface area contributed by atoms with Crippen molar-refractivity contribution in [1.82, 2.24) is 0 Å². The van der Waals surface area contributed by atoms with Crippen LogP contribution in [-0.4, -0.2) is 10.8 Å². The molecule has 0 radical (unpaired) electrons. The predicted molar refractivity (Wildman–Crippen MR) is 72.2 cm³/mol. The van der Waals surface area contributed by atoms with E-state index >= 15 is 0 Å². The van der Waals surface area contributed by atoms with Gasteiger partial charge in [-0.15, -0.1) is 0 Å². The van der Waals surface area contributed by atoms with Crippen LogP contribution in [0.4, 0.5) is 11.6 Å². The fraction of sp³-hybridized carbons (Fsp3) is 0. The van der Waals surface area contributed by atoms with E-state index in [2.05, 4.69) is 21.2 Å². The van der Waals surface area contributed by atoms with E-state index in [1.54, 1.807) is 12.1 Å². The van der Waals surface area contributed by atoms with Gasteiger partial charge in [0.25, 0.3) is 5.91 Å². The summed E-state index contributed by atoms with van der Waals surface area (Å²) in [4.78, 5) is 21.6. The number of amides is 1. The Labute approximate surface area is 121 Å². The highest BCUT2D eigenvalue weighted by Gasteiger charge is 2.18. The molecule has 8 heteroatoms. The van der Waals surface area contributed by atoms with Gasteiger partial charge in [-0.25, -0.2) is 0 Å². The molecule has 0 saturated carbocycles. The Morgan fingerprint density at radius 3 is 2.75 bits per heavy atom. The molecular formula is C12H6BrN3O4. The van der Waals surface area contributed by atoms with Crippen molar-refractivity contribution in [1.29, 1.82) is 5.26 Å². The molecule has 1 aromatic heterocycles. The summed E-state index contributed by atoms with van der Waals surface area (Å²) in [6.45, 7) is 0. The number of benzene rings is 1. The molecule has 20 heavy (non-hydrogen) atoms. The molecular weight excluding hydrogens is 330 g/mol. The molecule has 0 fully saturated rings. The largest absolute Gasteiger partial charge is 0.433 e. The highest BCUT2D eigenvalue weighted by Crippen LogP contribution is 2.22. The van der Waals surface area contributed by atoms with Gasteiger partial charge in [0.15, 0.2) is 5.76 Å².